The Morgan fingerprint density at radius 1 is 1.12 bits per heavy atom. The molecule has 0 aliphatic carbocycles. The number of phosphoric ester groups is 1. The lowest BCUT2D eigenvalue weighted by molar-refractivity contribution is -0.122. The Labute approximate surface area is 150 Å². The predicted octanol–water partition coefficient (Wildman–Crippen LogP) is 4.09. The minimum atomic E-state index is -4.63. The summed E-state index contributed by atoms with van der Waals surface area (Å²) in [4.78, 5) is 30.3. The van der Waals surface area contributed by atoms with E-state index >= 15 is 0 Å². The number of phosphoric acid groups is 1. The van der Waals surface area contributed by atoms with Crippen LogP contribution in [0.2, 0.25) is 0 Å². The zero-order chi connectivity index (χ0) is 18.7. The van der Waals surface area contributed by atoms with Crippen LogP contribution < -0.4 is 5.32 Å². The molecule has 1 aromatic carbocycles. The molecule has 0 saturated heterocycles. The minimum absolute atomic E-state index is 0.134. The van der Waals surface area contributed by atoms with E-state index in [1.807, 2.05) is 18.2 Å². The van der Waals surface area contributed by atoms with E-state index in [-0.39, 0.29) is 5.91 Å². The van der Waals surface area contributed by atoms with Crippen molar-refractivity contribution in [3.05, 3.63) is 35.9 Å². The molecule has 142 valence electrons. The van der Waals surface area contributed by atoms with Gasteiger partial charge in [0.25, 0.3) is 0 Å². The fourth-order valence-corrected chi connectivity index (χ4v) is 3.28. The zero-order valence-electron chi connectivity index (χ0n) is 15.1. The van der Waals surface area contributed by atoms with E-state index in [1.165, 1.54) is 19.3 Å². The molecule has 0 bridgehead atoms. The minimum Gasteiger partial charge on any atom is -0.347 e. The number of carbonyl (C=O) groups is 1. The molecule has 0 aromatic heterocycles. The van der Waals surface area contributed by atoms with Gasteiger partial charge in [-0.1, -0.05) is 69.4 Å². The molecule has 1 rings (SSSR count). The van der Waals surface area contributed by atoms with Gasteiger partial charge in [0.05, 0.1) is 12.1 Å². The van der Waals surface area contributed by atoms with E-state index < -0.39 is 20.0 Å². The van der Waals surface area contributed by atoms with Gasteiger partial charge in [-0.25, -0.2) is 4.57 Å². The lowest BCUT2D eigenvalue weighted by Crippen LogP contribution is -2.35. The number of carbonyl (C=O) groups excluding carboxylic acids is 1. The Bertz CT molecular complexity index is 546. The molecule has 0 heterocycles. The highest BCUT2D eigenvalue weighted by Crippen LogP contribution is 2.40. The molecule has 6 nitrogen and oxygen atoms in total. The largest absolute Gasteiger partial charge is 0.469 e. The molecule has 0 saturated carbocycles. The second-order valence-electron chi connectivity index (χ2n) is 6.27. The molecule has 0 aliphatic heterocycles. The van der Waals surface area contributed by atoms with E-state index in [0.29, 0.717) is 6.42 Å². The van der Waals surface area contributed by atoms with Crippen molar-refractivity contribution >= 4 is 13.7 Å². The topological polar surface area (TPSA) is 95.9 Å². The summed E-state index contributed by atoms with van der Waals surface area (Å²) < 4.78 is 15.9. The summed E-state index contributed by atoms with van der Waals surface area (Å²) in [5.74, 6) is -0.134. The monoisotopic (exact) mass is 371 g/mol. The fourth-order valence-electron chi connectivity index (χ4n) is 2.72. The van der Waals surface area contributed by atoms with Crippen LogP contribution in [0.1, 0.15) is 70.4 Å². The highest BCUT2D eigenvalue weighted by Gasteiger charge is 2.28. The summed E-state index contributed by atoms with van der Waals surface area (Å²) in [6.45, 7) is 3.71. The van der Waals surface area contributed by atoms with Gasteiger partial charge in [-0.15, -0.1) is 0 Å². The summed E-state index contributed by atoms with van der Waals surface area (Å²) in [6, 6.07) is 8.46. The van der Waals surface area contributed by atoms with Crippen LogP contribution in [-0.4, -0.2) is 21.8 Å². The lowest BCUT2D eigenvalue weighted by Gasteiger charge is -2.26. The molecule has 3 N–H and O–H groups in total. The molecule has 0 fully saturated rings. The molecule has 25 heavy (non-hydrogen) atoms. The number of unbranched alkanes of at least 4 members (excludes halogenated alkanes) is 5. The maximum absolute atomic E-state index is 12.2. The van der Waals surface area contributed by atoms with E-state index in [1.54, 1.807) is 19.1 Å². The SMILES string of the molecule is CCCCCCCCC(=O)NC(c1ccccc1)C(C)OP(=O)(O)O. The first-order valence-electron chi connectivity index (χ1n) is 8.91. The van der Waals surface area contributed by atoms with Crippen molar-refractivity contribution in [2.75, 3.05) is 0 Å². The van der Waals surface area contributed by atoms with Gasteiger partial charge in [0.2, 0.25) is 5.91 Å². The van der Waals surface area contributed by atoms with Gasteiger partial charge in [0.15, 0.2) is 0 Å². The van der Waals surface area contributed by atoms with Gasteiger partial charge in [0, 0.05) is 6.42 Å². The molecule has 0 radical (unpaired) electrons. The van der Waals surface area contributed by atoms with Gasteiger partial charge in [0.1, 0.15) is 0 Å². The van der Waals surface area contributed by atoms with E-state index in [0.717, 1.165) is 24.8 Å². The van der Waals surface area contributed by atoms with Gasteiger partial charge < -0.3 is 15.1 Å². The summed E-state index contributed by atoms with van der Waals surface area (Å²) in [6.07, 6.45) is 6.10. The van der Waals surface area contributed by atoms with Crippen LogP contribution in [0, 0.1) is 0 Å². The fraction of sp³-hybridized carbons (Fsp3) is 0.611. The molecule has 0 spiro atoms. The summed E-state index contributed by atoms with van der Waals surface area (Å²) >= 11 is 0. The van der Waals surface area contributed by atoms with Crippen LogP contribution in [-0.2, 0) is 13.9 Å². The van der Waals surface area contributed by atoms with Crippen molar-refractivity contribution in [2.45, 2.75) is 70.9 Å². The van der Waals surface area contributed by atoms with Crippen molar-refractivity contribution in [2.24, 2.45) is 0 Å². The van der Waals surface area contributed by atoms with Crippen molar-refractivity contribution in [1.29, 1.82) is 0 Å². The molecular formula is C18H30NO5P. The van der Waals surface area contributed by atoms with Crippen molar-refractivity contribution in [3.8, 4) is 0 Å². The Morgan fingerprint density at radius 2 is 1.72 bits per heavy atom. The molecule has 0 aliphatic rings. The summed E-state index contributed by atoms with van der Waals surface area (Å²) in [5, 5.41) is 2.85. The maximum Gasteiger partial charge on any atom is 0.469 e. The van der Waals surface area contributed by atoms with Gasteiger partial charge >= 0.3 is 7.82 Å². The molecule has 7 heteroatoms. The Kier molecular flexibility index (Phi) is 9.98. The highest BCUT2D eigenvalue weighted by atomic mass is 31.2. The normalized spacial score (nSPS) is 14.1. The van der Waals surface area contributed by atoms with Crippen LogP contribution in [0.15, 0.2) is 30.3 Å². The van der Waals surface area contributed by atoms with E-state index in [9.17, 15) is 9.36 Å². The first kappa shape index (κ1) is 21.8. The number of hydrogen-bond acceptors (Lipinski definition) is 3. The maximum atomic E-state index is 12.2. The molecule has 1 amide bonds. The van der Waals surface area contributed by atoms with Crippen LogP contribution in [0.5, 0.6) is 0 Å². The first-order valence-corrected chi connectivity index (χ1v) is 10.4. The van der Waals surface area contributed by atoms with Crippen LogP contribution in [0.4, 0.5) is 0 Å². The predicted molar refractivity (Wildman–Crippen MR) is 97.9 cm³/mol. The third-order valence-corrected chi connectivity index (χ3v) is 4.61. The molecule has 2 unspecified atom stereocenters. The van der Waals surface area contributed by atoms with Crippen molar-refractivity contribution < 1.29 is 23.7 Å². The quantitative estimate of drug-likeness (QED) is 0.380. The number of benzene rings is 1. The second kappa shape index (κ2) is 11.4. The van der Waals surface area contributed by atoms with E-state index in [4.69, 9.17) is 14.3 Å². The highest BCUT2D eigenvalue weighted by molar-refractivity contribution is 7.46. The van der Waals surface area contributed by atoms with Crippen LogP contribution in [0.3, 0.4) is 0 Å². The number of hydrogen-bond donors (Lipinski definition) is 3. The van der Waals surface area contributed by atoms with Crippen molar-refractivity contribution in [1.82, 2.24) is 5.32 Å². The van der Waals surface area contributed by atoms with Crippen LogP contribution in [0.25, 0.3) is 0 Å². The number of nitrogens with one attached hydrogen (secondary N) is 1. The standard InChI is InChI=1S/C18H30NO5P/c1-3-4-5-6-7-11-14-17(20)19-18(15(2)24-25(21,22)23)16-12-9-8-10-13-16/h8-10,12-13,15,18H,3-7,11,14H2,1-2H3,(H,19,20)(H2,21,22,23). The van der Waals surface area contributed by atoms with Gasteiger partial charge in [-0.3, -0.25) is 9.32 Å². The van der Waals surface area contributed by atoms with Crippen molar-refractivity contribution in [3.63, 3.8) is 0 Å². The third kappa shape index (κ3) is 9.75. The van der Waals surface area contributed by atoms with Crippen LogP contribution >= 0.6 is 7.82 Å². The summed E-state index contributed by atoms with van der Waals surface area (Å²) in [5.41, 5.74) is 0.750. The van der Waals surface area contributed by atoms with Gasteiger partial charge in [-0.2, -0.15) is 0 Å². The number of rotatable bonds is 12. The molecule has 1 aromatic rings. The second-order valence-corrected chi connectivity index (χ2v) is 7.47. The zero-order valence-corrected chi connectivity index (χ0v) is 16.0. The number of amides is 1. The van der Waals surface area contributed by atoms with Gasteiger partial charge in [-0.05, 0) is 18.9 Å². The Balaban J connectivity index is 2.58. The smallest absolute Gasteiger partial charge is 0.347 e. The average Bonchev–Trinajstić information content (AvgIpc) is 2.55. The molecule has 2 atom stereocenters. The Hall–Kier alpha value is -1.20. The first-order chi connectivity index (χ1) is 11.8. The summed E-state index contributed by atoms with van der Waals surface area (Å²) in [7, 11) is -4.63. The Morgan fingerprint density at radius 3 is 2.32 bits per heavy atom. The average molecular weight is 371 g/mol. The lowest BCUT2D eigenvalue weighted by atomic mass is 10.0. The molecular weight excluding hydrogens is 341 g/mol. The third-order valence-electron chi connectivity index (χ3n) is 4.01. The van der Waals surface area contributed by atoms with E-state index in [2.05, 4.69) is 12.2 Å².